The van der Waals surface area contributed by atoms with Crippen molar-refractivity contribution in [2.45, 2.75) is 42.0 Å². The van der Waals surface area contributed by atoms with E-state index in [1.54, 1.807) is 12.1 Å². The van der Waals surface area contributed by atoms with Gasteiger partial charge in [-0.2, -0.15) is 23.5 Å². The predicted octanol–water partition coefficient (Wildman–Crippen LogP) is 4.21. The van der Waals surface area contributed by atoms with Gasteiger partial charge in [0.1, 0.15) is 5.75 Å². The minimum Gasteiger partial charge on any atom is -0.406 e. The van der Waals surface area contributed by atoms with E-state index in [0.29, 0.717) is 16.1 Å². The molecule has 1 heterocycles. The summed E-state index contributed by atoms with van der Waals surface area (Å²) < 4.78 is 40.7. The second-order valence-electron chi connectivity index (χ2n) is 5.06. The fraction of sp³-hybridized carbons (Fsp3) is 0.571. The zero-order chi connectivity index (χ0) is 15.6. The van der Waals surface area contributed by atoms with Crippen LogP contribution in [-0.2, 0) is 0 Å². The molecule has 1 aromatic rings. The number of rotatable bonds is 3. The van der Waals surface area contributed by atoms with Crippen LogP contribution in [-0.4, -0.2) is 27.9 Å². The van der Waals surface area contributed by atoms with Gasteiger partial charge in [0.05, 0.1) is 0 Å². The van der Waals surface area contributed by atoms with Crippen molar-refractivity contribution in [3.63, 3.8) is 0 Å². The van der Waals surface area contributed by atoms with Crippen molar-refractivity contribution < 1.29 is 17.9 Å². The maximum absolute atomic E-state index is 12.3. The monoisotopic (exact) mass is 337 g/mol. The van der Waals surface area contributed by atoms with E-state index in [0.717, 1.165) is 5.75 Å². The molecule has 0 aliphatic carbocycles. The van der Waals surface area contributed by atoms with Crippen molar-refractivity contribution in [3.8, 4) is 5.75 Å². The van der Waals surface area contributed by atoms with Gasteiger partial charge in [-0.05, 0) is 17.7 Å². The van der Waals surface area contributed by atoms with Crippen LogP contribution in [0.5, 0.6) is 5.75 Å². The van der Waals surface area contributed by atoms with Gasteiger partial charge in [0.25, 0.3) is 0 Å². The van der Waals surface area contributed by atoms with Crippen LogP contribution in [0, 0.1) is 0 Å². The number of ether oxygens (including phenoxy) is 1. The van der Waals surface area contributed by atoms with Crippen LogP contribution < -0.4 is 10.5 Å². The molecule has 1 aromatic carbocycles. The van der Waals surface area contributed by atoms with Crippen LogP contribution in [0.25, 0.3) is 0 Å². The van der Waals surface area contributed by atoms with E-state index in [2.05, 4.69) is 18.6 Å². The summed E-state index contributed by atoms with van der Waals surface area (Å²) in [6.07, 6.45) is -4.68. The van der Waals surface area contributed by atoms with Crippen molar-refractivity contribution in [1.82, 2.24) is 0 Å². The Morgan fingerprint density at radius 3 is 2.62 bits per heavy atom. The fourth-order valence-corrected chi connectivity index (χ4v) is 5.18. The summed E-state index contributed by atoms with van der Waals surface area (Å²) in [6, 6.07) is 5.67. The Labute approximate surface area is 131 Å². The Bertz CT molecular complexity index is 484. The van der Waals surface area contributed by atoms with Crippen LogP contribution in [0.4, 0.5) is 13.2 Å². The highest BCUT2D eigenvalue weighted by Gasteiger charge is 2.32. The molecule has 0 spiro atoms. The third-order valence-electron chi connectivity index (χ3n) is 3.45. The molecule has 1 aliphatic heterocycles. The molecule has 1 aliphatic rings. The average molecular weight is 337 g/mol. The zero-order valence-electron chi connectivity index (χ0n) is 11.8. The number of benzene rings is 1. The van der Waals surface area contributed by atoms with Crippen molar-refractivity contribution in [2.75, 3.05) is 5.75 Å². The van der Waals surface area contributed by atoms with Crippen LogP contribution in [0.15, 0.2) is 24.3 Å². The van der Waals surface area contributed by atoms with E-state index in [9.17, 15) is 13.2 Å². The normalized spacial score (nSPS) is 28.2. The summed E-state index contributed by atoms with van der Waals surface area (Å²) in [5.74, 6) is 0.687. The minimum atomic E-state index is -4.68. The molecule has 4 atom stereocenters. The molecule has 7 heteroatoms. The maximum atomic E-state index is 12.3. The summed E-state index contributed by atoms with van der Waals surface area (Å²) in [5.41, 5.74) is 6.92. The summed E-state index contributed by atoms with van der Waals surface area (Å²) in [7, 11) is 0. The van der Waals surface area contributed by atoms with Crippen molar-refractivity contribution in [3.05, 3.63) is 29.8 Å². The first-order valence-corrected chi connectivity index (χ1v) is 8.64. The molecule has 2 nitrogen and oxygen atoms in total. The fourth-order valence-electron chi connectivity index (χ4n) is 2.13. The third-order valence-corrected chi connectivity index (χ3v) is 6.97. The lowest BCUT2D eigenvalue weighted by Crippen LogP contribution is -2.34. The van der Waals surface area contributed by atoms with Gasteiger partial charge in [-0.1, -0.05) is 26.0 Å². The number of hydrogen-bond donors (Lipinski definition) is 1. The highest BCUT2D eigenvalue weighted by Crippen LogP contribution is 2.40. The number of hydrogen-bond acceptors (Lipinski definition) is 4. The Hall–Kier alpha value is -0.530. The van der Waals surface area contributed by atoms with Gasteiger partial charge in [-0.3, -0.25) is 0 Å². The lowest BCUT2D eigenvalue weighted by Gasteiger charge is -2.34. The summed E-state index contributed by atoms with van der Waals surface area (Å²) in [4.78, 5) is 0. The van der Waals surface area contributed by atoms with E-state index in [1.807, 2.05) is 23.5 Å². The van der Waals surface area contributed by atoms with Crippen LogP contribution in [0.2, 0.25) is 0 Å². The maximum Gasteiger partial charge on any atom is 0.573 e. The number of thioether (sulfide) groups is 2. The molecule has 0 bridgehead atoms. The zero-order valence-corrected chi connectivity index (χ0v) is 13.4. The molecule has 0 saturated carbocycles. The quantitative estimate of drug-likeness (QED) is 0.896. The van der Waals surface area contributed by atoms with Crippen molar-refractivity contribution in [2.24, 2.45) is 5.73 Å². The van der Waals surface area contributed by atoms with Gasteiger partial charge in [0, 0.05) is 27.5 Å². The number of alkyl halides is 3. The van der Waals surface area contributed by atoms with Gasteiger partial charge >= 0.3 is 6.36 Å². The molecule has 118 valence electrons. The average Bonchev–Trinajstić information content (AvgIpc) is 2.39. The molecule has 2 N–H and O–H groups in total. The Kier molecular flexibility index (Phi) is 5.38. The lowest BCUT2D eigenvalue weighted by molar-refractivity contribution is -0.274. The van der Waals surface area contributed by atoms with Gasteiger partial charge in [0.2, 0.25) is 0 Å². The highest BCUT2D eigenvalue weighted by molar-refractivity contribution is 8.07. The van der Waals surface area contributed by atoms with Gasteiger partial charge < -0.3 is 10.5 Å². The first-order valence-electron chi connectivity index (χ1n) is 6.64. The lowest BCUT2D eigenvalue weighted by atomic mass is 10.0. The molecule has 1 saturated heterocycles. The van der Waals surface area contributed by atoms with Crippen molar-refractivity contribution >= 4 is 23.5 Å². The summed E-state index contributed by atoms with van der Waals surface area (Å²) >= 11 is 3.67. The van der Waals surface area contributed by atoms with Crippen LogP contribution in [0.3, 0.4) is 0 Å². The Balaban J connectivity index is 2.09. The molecule has 2 rings (SSSR count). The van der Waals surface area contributed by atoms with E-state index >= 15 is 0 Å². The van der Waals surface area contributed by atoms with E-state index in [-0.39, 0.29) is 17.0 Å². The molecule has 1 fully saturated rings. The Morgan fingerprint density at radius 2 is 2.00 bits per heavy atom. The second kappa shape index (κ2) is 6.71. The molecule has 0 amide bonds. The number of halogens is 3. The molecule has 0 radical (unpaired) electrons. The molecule has 4 unspecified atom stereocenters. The molecule has 0 aromatic heterocycles. The predicted molar refractivity (Wildman–Crippen MR) is 82.8 cm³/mol. The second-order valence-corrected chi connectivity index (χ2v) is 8.10. The largest absolute Gasteiger partial charge is 0.573 e. The van der Waals surface area contributed by atoms with E-state index in [4.69, 9.17) is 5.73 Å². The SMILES string of the molecule is CC1SCC(C(N)c2cccc(OC(F)(F)F)c2)SC1C. The smallest absolute Gasteiger partial charge is 0.406 e. The van der Waals surface area contributed by atoms with Gasteiger partial charge in [-0.15, -0.1) is 13.2 Å². The highest BCUT2D eigenvalue weighted by atomic mass is 32.2. The van der Waals surface area contributed by atoms with Crippen molar-refractivity contribution in [1.29, 1.82) is 0 Å². The molecule has 21 heavy (non-hydrogen) atoms. The van der Waals surface area contributed by atoms with E-state index in [1.165, 1.54) is 12.1 Å². The van der Waals surface area contributed by atoms with E-state index < -0.39 is 6.36 Å². The summed E-state index contributed by atoms with van der Waals surface area (Å²) in [6.45, 7) is 4.34. The Morgan fingerprint density at radius 1 is 1.29 bits per heavy atom. The minimum absolute atomic E-state index is 0.197. The third kappa shape index (κ3) is 4.72. The first kappa shape index (κ1) is 16.8. The first-order chi connectivity index (χ1) is 9.76. The van der Waals surface area contributed by atoms with Crippen LogP contribution in [0.1, 0.15) is 25.5 Å². The molecular weight excluding hydrogens is 319 g/mol. The standard InChI is InChI=1S/C14H18F3NOS2/c1-8-9(2)21-12(7-20-8)13(18)10-4-3-5-11(6-10)19-14(15,16)17/h3-6,8-9,12-13H,7,18H2,1-2H3. The molecular formula is C14H18F3NOS2. The van der Waals surface area contributed by atoms with Crippen LogP contribution >= 0.6 is 23.5 Å². The van der Waals surface area contributed by atoms with Gasteiger partial charge in [0.15, 0.2) is 0 Å². The summed E-state index contributed by atoms with van der Waals surface area (Å²) in [5, 5.41) is 1.25. The number of nitrogens with two attached hydrogens (primary N) is 1. The van der Waals surface area contributed by atoms with Gasteiger partial charge in [-0.25, -0.2) is 0 Å². The topological polar surface area (TPSA) is 35.2 Å².